The Hall–Kier alpha value is -1.04. The van der Waals surface area contributed by atoms with Gasteiger partial charge in [-0.2, -0.15) is 0 Å². The van der Waals surface area contributed by atoms with Crippen LogP contribution in [0.1, 0.15) is 12.8 Å². The van der Waals surface area contributed by atoms with E-state index in [1.54, 1.807) is 0 Å². The fourth-order valence-electron chi connectivity index (χ4n) is 1.34. The summed E-state index contributed by atoms with van der Waals surface area (Å²) in [6.07, 6.45) is 15.5. The van der Waals surface area contributed by atoms with Crippen LogP contribution < -0.4 is 0 Å². The van der Waals surface area contributed by atoms with Gasteiger partial charge in [0.1, 0.15) is 0 Å². The molecule has 2 rings (SSSR count). The van der Waals surface area contributed by atoms with Gasteiger partial charge in [0, 0.05) is 0 Å². The van der Waals surface area contributed by atoms with Crippen molar-refractivity contribution in [3.8, 4) is 0 Å². The second-order valence-electron chi connectivity index (χ2n) is 2.60. The number of allylic oxidation sites excluding steroid dienone is 8. The molecule has 0 radical (unpaired) electrons. The van der Waals surface area contributed by atoms with Crippen LogP contribution in [0.25, 0.3) is 0 Å². The molecule has 0 heterocycles. The highest BCUT2D eigenvalue weighted by molar-refractivity contribution is 5.51. The maximum absolute atomic E-state index is 2.27. The summed E-state index contributed by atoms with van der Waals surface area (Å²) in [6, 6.07) is 0. The standard InChI is InChI=1S/C10H10/c1-2-6-10-8-4-3-7-9(10)5-1/h1,4-8H,2-3H2. The third-order valence-corrected chi connectivity index (χ3v) is 1.88. The fourth-order valence-corrected chi connectivity index (χ4v) is 1.34. The molecule has 0 aliphatic heterocycles. The summed E-state index contributed by atoms with van der Waals surface area (Å²) in [4.78, 5) is 0. The SMILES string of the molecule is C1=CC2=CCC=CC2=CC1. The summed E-state index contributed by atoms with van der Waals surface area (Å²) < 4.78 is 0. The number of fused-ring (bicyclic) bond motifs is 1. The summed E-state index contributed by atoms with van der Waals surface area (Å²) in [5, 5.41) is 0. The number of hydrogen-bond donors (Lipinski definition) is 0. The van der Waals surface area contributed by atoms with E-state index in [1.165, 1.54) is 11.1 Å². The molecule has 0 fully saturated rings. The third-order valence-electron chi connectivity index (χ3n) is 1.88. The first-order chi connectivity index (χ1) is 4.97. The van der Waals surface area contributed by atoms with Gasteiger partial charge < -0.3 is 0 Å². The monoisotopic (exact) mass is 130 g/mol. The highest BCUT2D eigenvalue weighted by Crippen LogP contribution is 2.22. The Morgan fingerprint density at radius 2 is 1.30 bits per heavy atom. The minimum atomic E-state index is 1.09. The van der Waals surface area contributed by atoms with Crippen molar-refractivity contribution in [3.63, 3.8) is 0 Å². The van der Waals surface area contributed by atoms with E-state index in [-0.39, 0.29) is 0 Å². The number of rotatable bonds is 0. The zero-order chi connectivity index (χ0) is 6.81. The molecule has 10 heavy (non-hydrogen) atoms. The van der Waals surface area contributed by atoms with Crippen LogP contribution in [-0.2, 0) is 0 Å². The van der Waals surface area contributed by atoms with E-state index in [4.69, 9.17) is 0 Å². The van der Waals surface area contributed by atoms with Crippen molar-refractivity contribution in [2.24, 2.45) is 0 Å². The van der Waals surface area contributed by atoms with Crippen LogP contribution in [-0.4, -0.2) is 0 Å². The van der Waals surface area contributed by atoms with Gasteiger partial charge in [-0.25, -0.2) is 0 Å². The average molecular weight is 130 g/mol. The number of hydrogen-bond acceptors (Lipinski definition) is 0. The molecule has 0 spiro atoms. The molecule has 0 saturated heterocycles. The van der Waals surface area contributed by atoms with E-state index >= 15 is 0 Å². The molecule has 0 amide bonds. The van der Waals surface area contributed by atoms with Crippen LogP contribution in [0.2, 0.25) is 0 Å². The summed E-state index contributed by atoms with van der Waals surface area (Å²) in [6.45, 7) is 0. The molecule has 2 aliphatic carbocycles. The lowest BCUT2D eigenvalue weighted by Crippen LogP contribution is -1.91. The van der Waals surface area contributed by atoms with E-state index in [0.29, 0.717) is 0 Å². The van der Waals surface area contributed by atoms with E-state index < -0.39 is 0 Å². The van der Waals surface area contributed by atoms with Crippen LogP contribution >= 0.6 is 0 Å². The molecule has 0 N–H and O–H groups in total. The Morgan fingerprint density at radius 3 is 1.80 bits per heavy atom. The van der Waals surface area contributed by atoms with E-state index in [9.17, 15) is 0 Å². The largest absolute Gasteiger partial charge is 0.0801 e. The Labute approximate surface area is 61.3 Å². The molecular weight excluding hydrogens is 120 g/mol. The highest BCUT2D eigenvalue weighted by Gasteiger charge is 2.03. The Bertz CT molecular complexity index is 221. The molecule has 0 saturated carbocycles. The van der Waals surface area contributed by atoms with Gasteiger partial charge in [-0.05, 0) is 24.0 Å². The lowest BCUT2D eigenvalue weighted by Gasteiger charge is -2.11. The molecule has 0 unspecified atom stereocenters. The fraction of sp³-hybridized carbons (Fsp3) is 0.200. The van der Waals surface area contributed by atoms with Gasteiger partial charge in [0.05, 0.1) is 0 Å². The summed E-state index contributed by atoms with van der Waals surface area (Å²) >= 11 is 0. The molecule has 0 bridgehead atoms. The van der Waals surface area contributed by atoms with Crippen molar-refractivity contribution in [1.82, 2.24) is 0 Å². The van der Waals surface area contributed by atoms with Crippen LogP contribution in [0.5, 0.6) is 0 Å². The quantitative estimate of drug-likeness (QED) is 0.473. The lowest BCUT2D eigenvalue weighted by molar-refractivity contribution is 1.23. The van der Waals surface area contributed by atoms with Crippen molar-refractivity contribution in [2.45, 2.75) is 12.8 Å². The minimum Gasteiger partial charge on any atom is -0.0801 e. The van der Waals surface area contributed by atoms with Gasteiger partial charge in [-0.3, -0.25) is 0 Å². The topological polar surface area (TPSA) is 0 Å². The third kappa shape index (κ3) is 0.860. The molecule has 0 heteroatoms. The highest BCUT2D eigenvalue weighted by atomic mass is 14.1. The van der Waals surface area contributed by atoms with Crippen molar-refractivity contribution in [1.29, 1.82) is 0 Å². The van der Waals surface area contributed by atoms with Gasteiger partial charge in [0.15, 0.2) is 0 Å². The van der Waals surface area contributed by atoms with Crippen LogP contribution in [0.4, 0.5) is 0 Å². The van der Waals surface area contributed by atoms with Crippen molar-refractivity contribution in [2.75, 3.05) is 0 Å². The molecule has 2 aliphatic rings. The van der Waals surface area contributed by atoms with E-state index in [0.717, 1.165) is 12.8 Å². The molecular formula is C10H10. The van der Waals surface area contributed by atoms with Gasteiger partial charge in [-0.1, -0.05) is 36.5 Å². The van der Waals surface area contributed by atoms with Gasteiger partial charge in [-0.15, -0.1) is 0 Å². The first-order valence-electron chi connectivity index (χ1n) is 3.70. The van der Waals surface area contributed by atoms with Crippen LogP contribution in [0.15, 0.2) is 47.6 Å². The zero-order valence-corrected chi connectivity index (χ0v) is 5.88. The molecule has 0 aromatic rings. The summed E-state index contributed by atoms with van der Waals surface area (Å²) in [7, 11) is 0. The van der Waals surface area contributed by atoms with Gasteiger partial charge >= 0.3 is 0 Å². The molecule has 0 aromatic heterocycles. The normalized spacial score (nSPS) is 21.6. The zero-order valence-electron chi connectivity index (χ0n) is 5.88. The smallest absolute Gasteiger partial charge is 0.0157 e. The molecule has 0 nitrogen and oxygen atoms in total. The first-order valence-corrected chi connectivity index (χ1v) is 3.70. The second kappa shape index (κ2) is 2.30. The van der Waals surface area contributed by atoms with E-state index in [1.807, 2.05) is 0 Å². The predicted molar refractivity (Wildman–Crippen MR) is 43.7 cm³/mol. The molecule has 0 atom stereocenters. The first kappa shape index (κ1) is 5.72. The van der Waals surface area contributed by atoms with Crippen LogP contribution in [0, 0.1) is 0 Å². The van der Waals surface area contributed by atoms with E-state index in [2.05, 4.69) is 36.5 Å². The Kier molecular flexibility index (Phi) is 1.31. The molecule has 50 valence electrons. The summed E-state index contributed by atoms with van der Waals surface area (Å²) in [5.74, 6) is 0. The molecule has 0 aromatic carbocycles. The average Bonchev–Trinajstić information content (AvgIpc) is 2.05. The summed E-state index contributed by atoms with van der Waals surface area (Å²) in [5.41, 5.74) is 2.79. The maximum Gasteiger partial charge on any atom is -0.0157 e. The van der Waals surface area contributed by atoms with Gasteiger partial charge in [0.25, 0.3) is 0 Å². The second-order valence-corrected chi connectivity index (χ2v) is 2.60. The van der Waals surface area contributed by atoms with Crippen molar-refractivity contribution in [3.05, 3.63) is 47.6 Å². The Morgan fingerprint density at radius 1 is 0.800 bits per heavy atom. The van der Waals surface area contributed by atoms with Crippen LogP contribution in [0.3, 0.4) is 0 Å². The predicted octanol–water partition coefficient (Wildman–Crippen LogP) is 2.76. The maximum atomic E-state index is 2.27. The van der Waals surface area contributed by atoms with Crippen molar-refractivity contribution < 1.29 is 0 Å². The van der Waals surface area contributed by atoms with Gasteiger partial charge in [0.2, 0.25) is 0 Å². The Balaban J connectivity index is 2.38. The minimum absolute atomic E-state index is 1.09. The van der Waals surface area contributed by atoms with Crippen molar-refractivity contribution >= 4 is 0 Å². The lowest BCUT2D eigenvalue weighted by atomic mass is 9.95.